The molecule has 0 bridgehead atoms. The Labute approximate surface area is 342 Å². The molecular formula is C45H71O11P. The summed E-state index contributed by atoms with van der Waals surface area (Å²) in [7, 11) is -4.85. The smallest absolute Gasteiger partial charge is 0.462 e. The van der Waals surface area contributed by atoms with Gasteiger partial charge in [0, 0.05) is 31.1 Å². The molecule has 0 heterocycles. The molecule has 1 saturated carbocycles. The molecule has 0 spiro atoms. The van der Waals surface area contributed by atoms with Gasteiger partial charge in [0.25, 0.3) is 0 Å². The normalized spacial score (nSPS) is 19.2. The van der Waals surface area contributed by atoms with Crippen molar-refractivity contribution in [2.24, 2.45) is 11.8 Å². The van der Waals surface area contributed by atoms with Gasteiger partial charge >= 0.3 is 19.8 Å². The lowest BCUT2D eigenvalue weighted by atomic mass is 9.90. The average molecular weight is 819 g/mol. The molecule has 1 aliphatic rings. The van der Waals surface area contributed by atoms with Gasteiger partial charge in [-0.15, -0.1) is 0 Å². The van der Waals surface area contributed by atoms with E-state index in [0.717, 1.165) is 44.9 Å². The van der Waals surface area contributed by atoms with Crippen molar-refractivity contribution in [1.29, 1.82) is 0 Å². The number of esters is 2. The lowest BCUT2D eigenvalue weighted by Crippen LogP contribution is -2.29. The first kappa shape index (κ1) is 51.8. The van der Waals surface area contributed by atoms with E-state index in [0.29, 0.717) is 38.5 Å². The highest BCUT2D eigenvalue weighted by molar-refractivity contribution is 7.46. The van der Waals surface area contributed by atoms with Gasteiger partial charge in [-0.1, -0.05) is 131 Å². The number of rotatable bonds is 33. The van der Waals surface area contributed by atoms with E-state index in [9.17, 15) is 29.2 Å². The summed E-state index contributed by atoms with van der Waals surface area (Å²) in [6.07, 6.45) is 39.7. The average Bonchev–Trinajstić information content (AvgIpc) is 3.44. The summed E-state index contributed by atoms with van der Waals surface area (Å²) >= 11 is 0. The molecule has 0 aromatic heterocycles. The van der Waals surface area contributed by atoms with Gasteiger partial charge in [0.15, 0.2) is 6.10 Å². The Balaban J connectivity index is 2.35. The largest absolute Gasteiger partial charge is 0.469 e. The van der Waals surface area contributed by atoms with Crippen LogP contribution in [0, 0.1) is 11.8 Å². The molecule has 1 fully saturated rings. The molecule has 4 N–H and O–H groups in total. The second-order valence-electron chi connectivity index (χ2n) is 14.4. The molecule has 322 valence electrons. The van der Waals surface area contributed by atoms with Crippen LogP contribution in [0.1, 0.15) is 136 Å². The van der Waals surface area contributed by atoms with E-state index in [1.54, 1.807) is 12.2 Å². The molecule has 0 radical (unpaired) electrons. The van der Waals surface area contributed by atoms with Crippen molar-refractivity contribution in [3.63, 3.8) is 0 Å². The van der Waals surface area contributed by atoms with Crippen molar-refractivity contribution < 1.29 is 52.9 Å². The van der Waals surface area contributed by atoms with Crippen LogP contribution < -0.4 is 0 Å². The zero-order chi connectivity index (χ0) is 42.0. The minimum atomic E-state index is -4.85. The number of hydrogen-bond donors (Lipinski definition) is 4. The Morgan fingerprint density at radius 3 is 1.91 bits per heavy atom. The van der Waals surface area contributed by atoms with Gasteiger partial charge in [0.05, 0.1) is 18.8 Å². The fraction of sp³-hybridized carbons (Fsp3) is 0.622. The molecule has 1 aliphatic carbocycles. The van der Waals surface area contributed by atoms with E-state index < -0.39 is 51.3 Å². The van der Waals surface area contributed by atoms with Gasteiger partial charge < -0.3 is 29.5 Å². The van der Waals surface area contributed by atoms with Crippen LogP contribution in [0.15, 0.2) is 85.1 Å². The predicted octanol–water partition coefficient (Wildman–Crippen LogP) is 9.43. The third kappa shape index (κ3) is 29.7. The van der Waals surface area contributed by atoms with Crippen molar-refractivity contribution in [1.82, 2.24) is 0 Å². The summed E-state index contributed by atoms with van der Waals surface area (Å²) in [5.41, 5.74) is 0. The SMILES string of the molecule is CCCCC/C=C\C/C=C\C/C=C\C/C=C\C/C=C\CCC(=O)O[C@H](COC(=O)CCC/C=C\C[C@H]1C(=O)C[C@@H](O)[C@@H]1/C=C/[C@@H](O)CCCCC)COP(=O)(O)O. The Morgan fingerprint density at radius 2 is 1.30 bits per heavy atom. The summed E-state index contributed by atoms with van der Waals surface area (Å²) in [5, 5.41) is 20.6. The van der Waals surface area contributed by atoms with E-state index >= 15 is 0 Å². The standard InChI is InChI=1S/C45H71O11P/c1-3-5-7-8-9-10-11-12-13-14-15-16-17-18-19-20-21-22-28-32-45(50)56-39(37-55-57(51,52)53)36-54-44(49)31-27-24-23-26-30-40-41(43(48)35-42(40)47)34-33-38(46)29-25-6-4-2/h9-10,12-13,15-16,18-19,21-23,26,33-34,38-41,43,46,48H,3-8,11,14,17,20,24-25,27-32,35-37H2,1-2H3,(H2,51,52,53)/b10-9-,13-12-,16-15-,19-18-,22-21-,26-23-,34-33+/t38-,39+,40+,41+,43+/m0/s1. The maximum absolute atomic E-state index is 12.5. The first-order valence-electron chi connectivity index (χ1n) is 21.0. The zero-order valence-electron chi connectivity index (χ0n) is 34.4. The monoisotopic (exact) mass is 818 g/mol. The lowest BCUT2D eigenvalue weighted by Gasteiger charge is -2.18. The van der Waals surface area contributed by atoms with Gasteiger partial charge in [0.2, 0.25) is 0 Å². The predicted molar refractivity (Wildman–Crippen MR) is 226 cm³/mol. The molecule has 5 atom stereocenters. The molecule has 0 saturated heterocycles. The highest BCUT2D eigenvalue weighted by Crippen LogP contribution is 2.36. The van der Waals surface area contributed by atoms with Crippen LogP contribution in [0.25, 0.3) is 0 Å². The Kier molecular flexibility index (Phi) is 30.7. The van der Waals surface area contributed by atoms with Gasteiger partial charge in [-0.25, -0.2) is 4.57 Å². The number of phosphoric ester groups is 1. The quantitative estimate of drug-likeness (QED) is 0.0215. The maximum Gasteiger partial charge on any atom is 0.469 e. The zero-order valence-corrected chi connectivity index (χ0v) is 35.3. The fourth-order valence-electron chi connectivity index (χ4n) is 6.04. The van der Waals surface area contributed by atoms with Crippen molar-refractivity contribution >= 4 is 25.5 Å². The van der Waals surface area contributed by atoms with Crippen molar-refractivity contribution in [2.45, 2.75) is 154 Å². The summed E-state index contributed by atoms with van der Waals surface area (Å²) in [4.78, 5) is 55.5. The van der Waals surface area contributed by atoms with Crippen LogP contribution in [0.4, 0.5) is 0 Å². The van der Waals surface area contributed by atoms with Crippen LogP contribution in [0.3, 0.4) is 0 Å². The first-order chi connectivity index (χ1) is 27.5. The third-order valence-electron chi connectivity index (χ3n) is 9.27. The molecule has 1 rings (SSSR count). The molecule has 12 heteroatoms. The van der Waals surface area contributed by atoms with Gasteiger partial charge in [-0.3, -0.25) is 18.9 Å². The number of phosphoric acid groups is 1. The molecule has 0 amide bonds. The molecule has 0 aromatic carbocycles. The van der Waals surface area contributed by atoms with E-state index in [1.807, 2.05) is 30.4 Å². The minimum Gasteiger partial charge on any atom is -0.462 e. The van der Waals surface area contributed by atoms with Crippen molar-refractivity contribution in [3.05, 3.63) is 85.1 Å². The highest BCUT2D eigenvalue weighted by atomic mass is 31.2. The third-order valence-corrected chi connectivity index (χ3v) is 9.75. The summed E-state index contributed by atoms with van der Waals surface area (Å²) in [5.74, 6) is -1.93. The maximum atomic E-state index is 12.5. The van der Waals surface area contributed by atoms with Crippen LogP contribution in [0.5, 0.6) is 0 Å². The number of Topliss-reactive ketones (excluding diaryl/α,β-unsaturated/α-hetero) is 1. The van der Waals surface area contributed by atoms with Gasteiger partial charge in [-0.2, -0.15) is 0 Å². The second-order valence-corrected chi connectivity index (χ2v) is 15.6. The van der Waals surface area contributed by atoms with Crippen LogP contribution in [-0.2, 0) is 32.9 Å². The number of ether oxygens (including phenoxy) is 2. The number of hydrogen-bond acceptors (Lipinski definition) is 9. The number of aliphatic hydroxyl groups is 2. The molecule has 11 nitrogen and oxygen atoms in total. The molecule has 57 heavy (non-hydrogen) atoms. The summed E-state index contributed by atoms with van der Waals surface area (Å²) in [6, 6.07) is 0. The number of allylic oxidation sites excluding steroid dienone is 12. The number of carbonyl (C=O) groups excluding carboxylic acids is 3. The summed E-state index contributed by atoms with van der Waals surface area (Å²) in [6.45, 7) is 3.25. The van der Waals surface area contributed by atoms with Crippen molar-refractivity contribution in [2.75, 3.05) is 13.2 Å². The molecular weight excluding hydrogens is 747 g/mol. The Hall–Kier alpha value is -3.18. The van der Waals surface area contributed by atoms with E-state index in [1.165, 1.54) is 19.3 Å². The van der Waals surface area contributed by atoms with Gasteiger partial charge in [0.1, 0.15) is 12.4 Å². The number of aliphatic hydroxyl groups excluding tert-OH is 2. The Morgan fingerprint density at radius 1 is 0.737 bits per heavy atom. The number of carbonyl (C=O) groups is 3. The molecule has 0 aromatic rings. The Bertz CT molecular complexity index is 1360. The first-order valence-corrected chi connectivity index (χ1v) is 22.5. The number of unbranched alkanes of at least 4 members (excludes halogenated alkanes) is 6. The van der Waals surface area contributed by atoms with E-state index in [2.05, 4.69) is 60.9 Å². The van der Waals surface area contributed by atoms with Crippen LogP contribution >= 0.6 is 7.82 Å². The van der Waals surface area contributed by atoms with Crippen LogP contribution in [-0.4, -0.2) is 69.2 Å². The van der Waals surface area contributed by atoms with Gasteiger partial charge in [-0.05, 0) is 70.6 Å². The minimum absolute atomic E-state index is 0.0152. The topological polar surface area (TPSA) is 177 Å². The molecule has 0 aliphatic heterocycles. The molecule has 0 unspecified atom stereocenters. The fourth-order valence-corrected chi connectivity index (χ4v) is 6.40. The lowest BCUT2D eigenvalue weighted by molar-refractivity contribution is -0.161. The second kappa shape index (κ2) is 33.8. The van der Waals surface area contributed by atoms with Crippen molar-refractivity contribution in [3.8, 4) is 0 Å². The highest BCUT2D eigenvalue weighted by Gasteiger charge is 2.39. The van der Waals surface area contributed by atoms with Crippen LogP contribution in [0.2, 0.25) is 0 Å². The summed E-state index contributed by atoms with van der Waals surface area (Å²) < 4.78 is 26.3. The van der Waals surface area contributed by atoms with E-state index in [-0.39, 0.29) is 36.9 Å². The number of ketones is 1. The van der Waals surface area contributed by atoms with E-state index in [4.69, 9.17) is 19.3 Å².